The van der Waals surface area contributed by atoms with Crippen molar-refractivity contribution in [2.75, 3.05) is 17.8 Å². The van der Waals surface area contributed by atoms with Gasteiger partial charge in [0.1, 0.15) is 0 Å². The van der Waals surface area contributed by atoms with E-state index in [-0.39, 0.29) is 0 Å². The molecule has 0 bridgehead atoms. The zero-order chi connectivity index (χ0) is 11.9. The van der Waals surface area contributed by atoms with Gasteiger partial charge in [-0.3, -0.25) is 0 Å². The summed E-state index contributed by atoms with van der Waals surface area (Å²) < 4.78 is 0.387. The van der Waals surface area contributed by atoms with Crippen molar-refractivity contribution in [2.24, 2.45) is 0 Å². The van der Waals surface area contributed by atoms with E-state index < -0.39 is 0 Å². The van der Waals surface area contributed by atoms with Crippen LogP contribution in [0.5, 0.6) is 0 Å². The van der Waals surface area contributed by atoms with Gasteiger partial charge in [-0.2, -0.15) is 23.5 Å². The molecule has 0 saturated carbocycles. The average molecular weight is 249 g/mol. The highest BCUT2D eigenvalue weighted by Gasteiger charge is 2.13. The number of thioether (sulfide) groups is 2. The van der Waals surface area contributed by atoms with Gasteiger partial charge in [-0.1, -0.05) is 20.8 Å². The minimum absolute atomic E-state index is 0.387. The summed E-state index contributed by atoms with van der Waals surface area (Å²) in [6.45, 7) is 11.4. The molecule has 0 aromatic heterocycles. The Bertz CT molecular complexity index is 154. The monoisotopic (exact) mass is 249 g/mol. The van der Waals surface area contributed by atoms with Gasteiger partial charge in [-0.15, -0.1) is 0 Å². The lowest BCUT2D eigenvalue weighted by Gasteiger charge is -2.24. The summed E-state index contributed by atoms with van der Waals surface area (Å²) in [4.78, 5) is 0. The molecule has 0 aliphatic carbocycles. The second kappa shape index (κ2) is 7.86. The second-order valence-corrected chi connectivity index (χ2v) is 8.01. The molecule has 0 amide bonds. The number of nitrogens with one attached hydrogen (secondary N) is 1. The number of hydrogen-bond acceptors (Lipinski definition) is 3. The van der Waals surface area contributed by atoms with Crippen LogP contribution in [-0.2, 0) is 0 Å². The van der Waals surface area contributed by atoms with Gasteiger partial charge in [-0.05, 0) is 32.3 Å². The molecule has 0 aromatic carbocycles. The first-order valence-electron chi connectivity index (χ1n) is 5.74. The van der Waals surface area contributed by atoms with E-state index in [1.807, 2.05) is 23.5 Å². The Balaban J connectivity index is 3.59. The lowest BCUT2D eigenvalue weighted by Crippen LogP contribution is -2.37. The molecular formula is C12H27NS2. The predicted octanol–water partition coefficient (Wildman–Crippen LogP) is 3.64. The van der Waals surface area contributed by atoms with Crippen LogP contribution in [-0.4, -0.2) is 34.6 Å². The zero-order valence-corrected chi connectivity index (χ0v) is 12.7. The van der Waals surface area contributed by atoms with Crippen molar-refractivity contribution in [3.63, 3.8) is 0 Å². The van der Waals surface area contributed by atoms with E-state index in [1.54, 1.807) is 0 Å². The molecule has 0 saturated heterocycles. The highest BCUT2D eigenvalue weighted by atomic mass is 32.2. The normalized spacial score (nSPS) is 16.4. The molecule has 0 aliphatic heterocycles. The summed E-state index contributed by atoms with van der Waals surface area (Å²) in [6, 6.07) is 1.26. The first kappa shape index (κ1) is 15.7. The van der Waals surface area contributed by atoms with Crippen molar-refractivity contribution in [3.05, 3.63) is 0 Å². The Labute approximate surface area is 105 Å². The molecular weight excluding hydrogens is 222 g/mol. The number of rotatable bonds is 7. The molecule has 2 unspecified atom stereocenters. The third-order valence-electron chi connectivity index (χ3n) is 2.09. The maximum atomic E-state index is 3.65. The van der Waals surface area contributed by atoms with Crippen molar-refractivity contribution in [2.45, 2.75) is 57.9 Å². The van der Waals surface area contributed by atoms with Gasteiger partial charge in [0.2, 0.25) is 0 Å². The van der Waals surface area contributed by atoms with Gasteiger partial charge in [0.05, 0.1) is 0 Å². The molecule has 0 fully saturated rings. The molecule has 0 spiro atoms. The van der Waals surface area contributed by atoms with Crippen LogP contribution in [0.25, 0.3) is 0 Å². The molecule has 3 heteroatoms. The fourth-order valence-corrected chi connectivity index (χ4v) is 2.72. The molecule has 0 aliphatic rings. The smallest absolute Gasteiger partial charge is 0.0132 e. The summed E-state index contributed by atoms with van der Waals surface area (Å²) in [5.41, 5.74) is 0. The van der Waals surface area contributed by atoms with Crippen molar-refractivity contribution in [3.8, 4) is 0 Å². The lowest BCUT2D eigenvalue weighted by atomic mass is 10.2. The Morgan fingerprint density at radius 3 is 2.20 bits per heavy atom. The molecule has 0 rings (SSSR count). The maximum Gasteiger partial charge on any atom is 0.0132 e. The molecule has 15 heavy (non-hydrogen) atoms. The maximum absolute atomic E-state index is 3.65. The van der Waals surface area contributed by atoms with E-state index in [2.05, 4.69) is 46.2 Å². The summed E-state index contributed by atoms with van der Waals surface area (Å²) >= 11 is 3.97. The molecule has 1 N–H and O–H groups in total. The minimum Gasteiger partial charge on any atom is -0.311 e. The van der Waals surface area contributed by atoms with Crippen LogP contribution in [0.3, 0.4) is 0 Å². The first-order valence-corrected chi connectivity index (χ1v) is 8.12. The van der Waals surface area contributed by atoms with Crippen molar-refractivity contribution >= 4 is 23.5 Å². The van der Waals surface area contributed by atoms with E-state index in [0.29, 0.717) is 16.8 Å². The summed E-state index contributed by atoms with van der Waals surface area (Å²) in [5.74, 6) is 2.46. The average Bonchev–Trinajstić information content (AvgIpc) is 2.10. The molecule has 1 nitrogen and oxygen atoms in total. The zero-order valence-electron chi connectivity index (χ0n) is 11.1. The van der Waals surface area contributed by atoms with Crippen LogP contribution in [0.15, 0.2) is 0 Å². The van der Waals surface area contributed by atoms with E-state index in [0.717, 1.165) is 0 Å². The molecule has 0 heterocycles. The van der Waals surface area contributed by atoms with Crippen LogP contribution in [0, 0.1) is 0 Å². The Kier molecular flexibility index (Phi) is 8.20. The predicted molar refractivity (Wildman–Crippen MR) is 77.3 cm³/mol. The topological polar surface area (TPSA) is 12.0 Å². The standard InChI is InChI=1S/C12H27NS2/c1-10(7-8-14-6)13-11(2)9-15-12(3,4)5/h10-11,13H,7-9H2,1-6H3. The van der Waals surface area contributed by atoms with Gasteiger partial charge in [-0.25, -0.2) is 0 Å². The summed E-state index contributed by atoms with van der Waals surface area (Å²) in [6.07, 6.45) is 3.44. The van der Waals surface area contributed by atoms with Crippen LogP contribution >= 0.6 is 23.5 Å². The molecule has 92 valence electrons. The van der Waals surface area contributed by atoms with Crippen LogP contribution < -0.4 is 5.32 Å². The highest BCUT2D eigenvalue weighted by Crippen LogP contribution is 2.23. The van der Waals surface area contributed by atoms with Crippen molar-refractivity contribution < 1.29 is 0 Å². The SMILES string of the molecule is CSCCC(C)NC(C)CSC(C)(C)C. The van der Waals surface area contributed by atoms with E-state index in [1.165, 1.54) is 17.9 Å². The Hall–Kier alpha value is 0.660. The third kappa shape index (κ3) is 10.9. The number of hydrogen-bond donors (Lipinski definition) is 1. The summed E-state index contributed by atoms with van der Waals surface area (Å²) in [7, 11) is 0. The fourth-order valence-electron chi connectivity index (χ4n) is 1.29. The summed E-state index contributed by atoms with van der Waals surface area (Å²) in [5, 5.41) is 3.65. The van der Waals surface area contributed by atoms with Crippen LogP contribution in [0.2, 0.25) is 0 Å². The first-order chi connectivity index (χ1) is 6.85. The van der Waals surface area contributed by atoms with Gasteiger partial charge in [0, 0.05) is 22.6 Å². The van der Waals surface area contributed by atoms with Gasteiger partial charge in [0.25, 0.3) is 0 Å². The van der Waals surface area contributed by atoms with Crippen molar-refractivity contribution in [1.82, 2.24) is 5.32 Å². The largest absolute Gasteiger partial charge is 0.311 e. The van der Waals surface area contributed by atoms with E-state index in [4.69, 9.17) is 0 Å². The van der Waals surface area contributed by atoms with Crippen LogP contribution in [0.1, 0.15) is 41.0 Å². The second-order valence-electron chi connectivity index (χ2n) is 5.17. The quantitative estimate of drug-likeness (QED) is 0.740. The molecule has 0 radical (unpaired) electrons. The van der Waals surface area contributed by atoms with Gasteiger partial charge in [0.15, 0.2) is 0 Å². The highest BCUT2D eigenvalue weighted by molar-refractivity contribution is 8.00. The van der Waals surface area contributed by atoms with Crippen LogP contribution in [0.4, 0.5) is 0 Å². The van der Waals surface area contributed by atoms with E-state index in [9.17, 15) is 0 Å². The fraction of sp³-hybridized carbons (Fsp3) is 1.00. The van der Waals surface area contributed by atoms with E-state index >= 15 is 0 Å². The molecule has 2 atom stereocenters. The van der Waals surface area contributed by atoms with Gasteiger partial charge < -0.3 is 5.32 Å². The minimum atomic E-state index is 0.387. The lowest BCUT2D eigenvalue weighted by molar-refractivity contribution is 0.485. The molecule has 0 aromatic rings. The Morgan fingerprint density at radius 2 is 1.73 bits per heavy atom. The Morgan fingerprint density at radius 1 is 1.13 bits per heavy atom. The third-order valence-corrected chi connectivity index (χ3v) is 4.27. The van der Waals surface area contributed by atoms with Crippen molar-refractivity contribution in [1.29, 1.82) is 0 Å². The van der Waals surface area contributed by atoms with Gasteiger partial charge >= 0.3 is 0 Å².